The van der Waals surface area contributed by atoms with Gasteiger partial charge >= 0.3 is 0 Å². The van der Waals surface area contributed by atoms with Gasteiger partial charge in [-0.1, -0.05) is 55.5 Å². The van der Waals surface area contributed by atoms with Gasteiger partial charge in [0.25, 0.3) is 0 Å². The molecular formula is C25H21N3O2S. The minimum Gasteiger partial charge on any atom is -0.310 e. The molecule has 0 saturated heterocycles. The Hall–Kier alpha value is -3.38. The van der Waals surface area contributed by atoms with Crippen molar-refractivity contribution in [1.29, 1.82) is 0 Å². The van der Waals surface area contributed by atoms with Gasteiger partial charge < -0.3 is 5.32 Å². The fourth-order valence-electron chi connectivity index (χ4n) is 4.13. The topological polar surface area (TPSA) is 64.0 Å². The lowest BCUT2D eigenvalue weighted by molar-refractivity contribution is -0.113. The number of hydrogen-bond donors (Lipinski definition) is 1. The third kappa shape index (κ3) is 3.43. The van der Waals surface area contributed by atoms with E-state index in [1.165, 1.54) is 11.8 Å². The van der Waals surface area contributed by atoms with Crippen molar-refractivity contribution in [2.45, 2.75) is 24.8 Å². The molecule has 3 aromatic carbocycles. The molecule has 0 saturated carbocycles. The summed E-state index contributed by atoms with van der Waals surface area (Å²) >= 11 is 1.48. The number of amides is 1. The number of rotatable bonds is 6. The van der Waals surface area contributed by atoms with Crippen molar-refractivity contribution in [2.24, 2.45) is 0 Å². The van der Waals surface area contributed by atoms with E-state index in [0.29, 0.717) is 5.82 Å². The Labute approximate surface area is 184 Å². The predicted molar refractivity (Wildman–Crippen MR) is 125 cm³/mol. The number of hydrogen-bond acceptors (Lipinski definition) is 4. The molecule has 0 bridgehead atoms. The standard InChI is InChI=1S/C25H21N3O2S/c1-2-14-28-22(12-13-26-28)27-23(29)15-31-21-11-10-17-16-6-3-4-7-18(16)25(30)20-9-5-8-19(21)24(17)20/h3-13H,2,14-15H2,1H3,(H,27,29). The van der Waals surface area contributed by atoms with Gasteiger partial charge in [-0.05, 0) is 29.0 Å². The molecule has 1 aromatic heterocycles. The second kappa shape index (κ2) is 8.04. The number of aryl methyl sites for hydroxylation is 1. The number of benzene rings is 3. The maximum atomic E-state index is 13.1. The fraction of sp³-hybridized carbons (Fsp3) is 0.160. The molecular weight excluding hydrogens is 406 g/mol. The van der Waals surface area contributed by atoms with Crippen LogP contribution in [0.25, 0.3) is 21.9 Å². The van der Waals surface area contributed by atoms with E-state index in [1.807, 2.05) is 54.6 Å². The van der Waals surface area contributed by atoms with E-state index < -0.39 is 0 Å². The lowest BCUT2D eigenvalue weighted by Crippen LogP contribution is -2.17. The second-order valence-electron chi connectivity index (χ2n) is 7.49. The predicted octanol–water partition coefficient (Wildman–Crippen LogP) is 5.39. The molecule has 31 heavy (non-hydrogen) atoms. The summed E-state index contributed by atoms with van der Waals surface area (Å²) in [7, 11) is 0. The Bertz CT molecular complexity index is 1330. The van der Waals surface area contributed by atoms with Crippen molar-refractivity contribution in [3.8, 4) is 11.1 Å². The van der Waals surface area contributed by atoms with Gasteiger partial charge in [-0.15, -0.1) is 11.8 Å². The van der Waals surface area contributed by atoms with E-state index in [4.69, 9.17) is 0 Å². The molecule has 0 aliphatic heterocycles. The molecule has 0 unspecified atom stereocenters. The van der Waals surface area contributed by atoms with Crippen LogP contribution in [0.5, 0.6) is 0 Å². The highest BCUT2D eigenvalue weighted by molar-refractivity contribution is 8.00. The monoisotopic (exact) mass is 427 g/mol. The van der Waals surface area contributed by atoms with Crippen LogP contribution in [-0.4, -0.2) is 27.2 Å². The lowest BCUT2D eigenvalue weighted by Gasteiger charge is -2.21. The first kappa shape index (κ1) is 19.6. The average molecular weight is 428 g/mol. The summed E-state index contributed by atoms with van der Waals surface area (Å²) in [5, 5.41) is 9.16. The minimum atomic E-state index is -0.0789. The number of carbonyl (C=O) groups is 2. The molecule has 1 aliphatic rings. The zero-order valence-electron chi connectivity index (χ0n) is 17.1. The van der Waals surface area contributed by atoms with Gasteiger partial charge in [-0.25, -0.2) is 4.68 Å². The average Bonchev–Trinajstić information content (AvgIpc) is 3.23. The van der Waals surface area contributed by atoms with E-state index in [2.05, 4.69) is 23.4 Å². The number of carbonyl (C=O) groups excluding carboxylic acids is 2. The van der Waals surface area contributed by atoms with E-state index in [-0.39, 0.29) is 17.4 Å². The van der Waals surface area contributed by atoms with Gasteiger partial charge in [0.15, 0.2) is 5.78 Å². The molecule has 0 atom stereocenters. The van der Waals surface area contributed by atoms with Gasteiger partial charge in [-0.2, -0.15) is 5.10 Å². The third-order valence-corrected chi connectivity index (χ3v) is 6.56. The molecule has 5 nitrogen and oxygen atoms in total. The van der Waals surface area contributed by atoms with Crippen LogP contribution in [0, 0.1) is 0 Å². The Balaban J connectivity index is 1.44. The summed E-state index contributed by atoms with van der Waals surface area (Å²) in [6, 6.07) is 19.5. The summed E-state index contributed by atoms with van der Waals surface area (Å²) < 4.78 is 1.80. The van der Waals surface area contributed by atoms with Crippen molar-refractivity contribution in [3.63, 3.8) is 0 Å². The van der Waals surface area contributed by atoms with Crippen molar-refractivity contribution < 1.29 is 9.59 Å². The molecule has 5 rings (SSSR count). The Morgan fingerprint density at radius 3 is 2.61 bits per heavy atom. The van der Waals surface area contributed by atoms with Crippen LogP contribution in [0.4, 0.5) is 5.82 Å². The number of fused-ring (bicyclic) bond motifs is 2. The number of thioether (sulfide) groups is 1. The van der Waals surface area contributed by atoms with Crippen molar-refractivity contribution in [3.05, 3.63) is 78.0 Å². The fourth-order valence-corrected chi connectivity index (χ4v) is 4.98. The van der Waals surface area contributed by atoms with Crippen molar-refractivity contribution >= 4 is 40.0 Å². The van der Waals surface area contributed by atoms with Crippen molar-refractivity contribution in [1.82, 2.24) is 9.78 Å². The highest BCUT2D eigenvalue weighted by Gasteiger charge is 2.25. The van der Waals surface area contributed by atoms with E-state index in [1.54, 1.807) is 10.9 Å². The van der Waals surface area contributed by atoms with Gasteiger partial charge in [0.05, 0.1) is 11.9 Å². The summed E-state index contributed by atoms with van der Waals surface area (Å²) in [5.74, 6) is 0.967. The summed E-state index contributed by atoms with van der Waals surface area (Å²) in [6.45, 7) is 2.84. The Morgan fingerprint density at radius 2 is 1.77 bits per heavy atom. The molecule has 154 valence electrons. The van der Waals surface area contributed by atoms with Crippen LogP contribution in [0.1, 0.15) is 29.3 Å². The largest absolute Gasteiger partial charge is 0.310 e. The van der Waals surface area contributed by atoms with Crippen LogP contribution in [-0.2, 0) is 11.3 Å². The molecule has 0 spiro atoms. The third-order valence-electron chi connectivity index (χ3n) is 5.49. The first-order valence-corrected chi connectivity index (χ1v) is 11.3. The van der Waals surface area contributed by atoms with Crippen LogP contribution in [0.15, 0.2) is 71.8 Å². The summed E-state index contributed by atoms with van der Waals surface area (Å²) in [4.78, 5) is 26.6. The van der Waals surface area contributed by atoms with Gasteiger partial charge in [0.2, 0.25) is 5.91 Å². The minimum absolute atomic E-state index is 0.0535. The quantitative estimate of drug-likeness (QED) is 0.369. The van der Waals surface area contributed by atoms with Crippen LogP contribution < -0.4 is 5.32 Å². The maximum absolute atomic E-state index is 13.1. The first-order chi connectivity index (χ1) is 15.2. The molecule has 1 N–H and O–H groups in total. The normalized spacial score (nSPS) is 12.1. The molecule has 0 fully saturated rings. The van der Waals surface area contributed by atoms with E-state index >= 15 is 0 Å². The number of nitrogens with one attached hydrogen (secondary N) is 1. The molecule has 1 heterocycles. The Morgan fingerprint density at radius 1 is 0.968 bits per heavy atom. The number of ketones is 1. The molecule has 1 aliphatic carbocycles. The second-order valence-corrected chi connectivity index (χ2v) is 8.51. The number of nitrogens with zero attached hydrogens (tertiary/aromatic N) is 2. The smallest absolute Gasteiger partial charge is 0.235 e. The first-order valence-electron chi connectivity index (χ1n) is 10.3. The van der Waals surface area contributed by atoms with Gasteiger partial charge in [0.1, 0.15) is 5.82 Å². The summed E-state index contributed by atoms with van der Waals surface area (Å²) in [5.41, 5.74) is 3.50. The maximum Gasteiger partial charge on any atom is 0.235 e. The molecule has 1 amide bonds. The Kier molecular flexibility index (Phi) is 5.08. The zero-order chi connectivity index (χ0) is 21.4. The number of aromatic nitrogens is 2. The highest BCUT2D eigenvalue weighted by atomic mass is 32.2. The van der Waals surface area contributed by atoms with Crippen LogP contribution in [0.2, 0.25) is 0 Å². The lowest BCUT2D eigenvalue weighted by atomic mass is 9.83. The van der Waals surface area contributed by atoms with Crippen molar-refractivity contribution in [2.75, 3.05) is 11.1 Å². The van der Waals surface area contributed by atoms with Crippen LogP contribution >= 0.6 is 11.8 Å². The molecule has 0 radical (unpaired) electrons. The summed E-state index contributed by atoms with van der Waals surface area (Å²) in [6.07, 6.45) is 2.64. The van der Waals surface area contributed by atoms with Gasteiger partial charge in [-0.3, -0.25) is 9.59 Å². The molecule has 6 heteroatoms. The van der Waals surface area contributed by atoms with E-state index in [9.17, 15) is 9.59 Å². The number of anilines is 1. The zero-order valence-corrected chi connectivity index (χ0v) is 17.9. The SMILES string of the molecule is CCCn1nccc1NC(=O)CSc1ccc2c3c(cccc13)C(=O)c1ccccc1-2. The highest BCUT2D eigenvalue weighted by Crippen LogP contribution is 2.42. The van der Waals surface area contributed by atoms with E-state index in [0.717, 1.165) is 50.9 Å². The van der Waals surface area contributed by atoms with Crippen LogP contribution in [0.3, 0.4) is 0 Å². The van der Waals surface area contributed by atoms with Gasteiger partial charge in [0, 0.05) is 34.0 Å². The molecule has 4 aromatic rings.